The van der Waals surface area contributed by atoms with Crippen LogP contribution in [0.4, 0.5) is 0 Å². The molecule has 0 radical (unpaired) electrons. The van der Waals surface area contributed by atoms with E-state index < -0.39 is 0 Å². The summed E-state index contributed by atoms with van der Waals surface area (Å²) in [7, 11) is 0. The van der Waals surface area contributed by atoms with Crippen LogP contribution in [0, 0.1) is 0 Å². The number of fused-ring (bicyclic) bond motifs is 1. The Balaban J connectivity index is 1.59. The number of para-hydroxylation sites is 1. The molecule has 2 aromatic carbocycles. The van der Waals surface area contributed by atoms with Crippen LogP contribution in [0.3, 0.4) is 0 Å². The minimum Gasteiger partial charge on any atom is -0.483 e. The summed E-state index contributed by atoms with van der Waals surface area (Å²) in [6.07, 6.45) is 0.844. The van der Waals surface area contributed by atoms with Gasteiger partial charge in [-0.2, -0.15) is 0 Å². The topological polar surface area (TPSA) is 47.6 Å². The van der Waals surface area contributed by atoms with Crippen LogP contribution in [-0.2, 0) is 11.2 Å². The number of amides is 1. The molecular weight excluding hydrogens is 302 g/mol. The highest BCUT2D eigenvalue weighted by molar-refractivity contribution is 5.78. The van der Waals surface area contributed by atoms with Crippen LogP contribution < -0.4 is 14.8 Å². The van der Waals surface area contributed by atoms with Crippen molar-refractivity contribution in [3.05, 3.63) is 59.7 Å². The molecule has 0 spiro atoms. The Hall–Kier alpha value is -2.49. The van der Waals surface area contributed by atoms with Crippen molar-refractivity contribution in [3.63, 3.8) is 0 Å². The summed E-state index contributed by atoms with van der Waals surface area (Å²) in [5.41, 5.74) is 1.96. The first-order valence-electron chi connectivity index (χ1n) is 8.23. The normalized spacial score (nSPS) is 16.0. The van der Waals surface area contributed by atoms with Crippen LogP contribution in [-0.4, -0.2) is 18.1 Å². The Kier molecular flexibility index (Phi) is 4.47. The van der Waals surface area contributed by atoms with Gasteiger partial charge in [-0.15, -0.1) is 0 Å². The van der Waals surface area contributed by atoms with E-state index in [4.69, 9.17) is 9.47 Å². The highest BCUT2D eigenvalue weighted by Gasteiger charge is 2.32. The van der Waals surface area contributed by atoms with Gasteiger partial charge in [0.1, 0.15) is 5.60 Å². The van der Waals surface area contributed by atoms with Crippen molar-refractivity contribution < 1.29 is 14.3 Å². The van der Waals surface area contributed by atoms with Crippen molar-refractivity contribution >= 4 is 5.91 Å². The highest BCUT2D eigenvalue weighted by atomic mass is 16.5. The fourth-order valence-corrected chi connectivity index (χ4v) is 2.95. The summed E-state index contributed by atoms with van der Waals surface area (Å²) >= 11 is 0. The van der Waals surface area contributed by atoms with E-state index in [1.54, 1.807) is 0 Å². The first-order chi connectivity index (χ1) is 11.4. The molecule has 1 atom stereocenters. The molecule has 0 aromatic heterocycles. The quantitative estimate of drug-likeness (QED) is 0.913. The molecule has 1 aliphatic rings. The molecule has 0 bridgehead atoms. The van der Waals surface area contributed by atoms with Crippen LogP contribution in [0.5, 0.6) is 11.5 Å². The third kappa shape index (κ3) is 3.70. The van der Waals surface area contributed by atoms with Gasteiger partial charge in [-0.1, -0.05) is 42.5 Å². The summed E-state index contributed by atoms with van der Waals surface area (Å²) in [6.45, 7) is 6.02. The highest BCUT2D eigenvalue weighted by Crippen LogP contribution is 2.41. The van der Waals surface area contributed by atoms with Gasteiger partial charge < -0.3 is 14.8 Å². The van der Waals surface area contributed by atoms with E-state index in [0.717, 1.165) is 23.3 Å². The van der Waals surface area contributed by atoms with E-state index in [1.807, 2.05) is 69.3 Å². The van der Waals surface area contributed by atoms with Gasteiger partial charge in [0.15, 0.2) is 18.1 Å². The van der Waals surface area contributed by atoms with Crippen LogP contribution in [0.1, 0.15) is 37.9 Å². The van der Waals surface area contributed by atoms with Crippen molar-refractivity contribution in [2.24, 2.45) is 0 Å². The zero-order valence-electron chi connectivity index (χ0n) is 14.3. The number of carbonyl (C=O) groups is 1. The van der Waals surface area contributed by atoms with Crippen molar-refractivity contribution in [1.82, 2.24) is 5.32 Å². The summed E-state index contributed by atoms with van der Waals surface area (Å²) in [5.74, 6) is 1.23. The Bertz CT molecular complexity index is 725. The molecule has 1 heterocycles. The van der Waals surface area contributed by atoms with Crippen LogP contribution >= 0.6 is 0 Å². The van der Waals surface area contributed by atoms with E-state index >= 15 is 0 Å². The molecule has 1 unspecified atom stereocenters. The Morgan fingerprint density at radius 2 is 1.96 bits per heavy atom. The summed E-state index contributed by atoms with van der Waals surface area (Å²) in [4.78, 5) is 12.2. The van der Waals surface area contributed by atoms with Gasteiger partial charge >= 0.3 is 0 Å². The smallest absolute Gasteiger partial charge is 0.258 e. The second kappa shape index (κ2) is 6.56. The lowest BCUT2D eigenvalue weighted by Crippen LogP contribution is -2.31. The molecule has 0 saturated heterocycles. The summed E-state index contributed by atoms with van der Waals surface area (Å²) in [6, 6.07) is 15.6. The molecule has 0 aliphatic carbocycles. The van der Waals surface area contributed by atoms with E-state index in [-0.39, 0.29) is 24.2 Å². The first kappa shape index (κ1) is 16.4. The molecule has 1 N–H and O–H groups in total. The summed E-state index contributed by atoms with van der Waals surface area (Å²) in [5, 5.41) is 2.95. The fraction of sp³-hybridized carbons (Fsp3) is 0.350. The maximum absolute atomic E-state index is 12.2. The Morgan fingerprint density at radius 1 is 1.21 bits per heavy atom. The van der Waals surface area contributed by atoms with E-state index in [0.29, 0.717) is 5.75 Å². The molecule has 24 heavy (non-hydrogen) atoms. The molecule has 1 aliphatic heterocycles. The lowest BCUT2D eigenvalue weighted by molar-refractivity contribution is -0.123. The molecule has 0 saturated carbocycles. The number of carbonyl (C=O) groups excluding carboxylic acids is 1. The second-order valence-corrected chi connectivity index (χ2v) is 6.77. The maximum Gasteiger partial charge on any atom is 0.258 e. The van der Waals surface area contributed by atoms with Crippen molar-refractivity contribution in [2.45, 2.75) is 38.8 Å². The number of nitrogens with one attached hydrogen (secondary N) is 1. The molecule has 2 aromatic rings. The lowest BCUT2D eigenvalue weighted by atomic mass is 10.0. The molecular formula is C20H23NO3. The van der Waals surface area contributed by atoms with E-state index in [1.165, 1.54) is 0 Å². The average molecular weight is 325 g/mol. The van der Waals surface area contributed by atoms with Gasteiger partial charge in [-0.05, 0) is 32.4 Å². The second-order valence-electron chi connectivity index (χ2n) is 6.77. The third-order valence-corrected chi connectivity index (χ3v) is 4.09. The van der Waals surface area contributed by atoms with Crippen LogP contribution in [0.25, 0.3) is 0 Å². The SMILES string of the molecule is CC(NC(=O)COc1cccc2c1OC(C)(C)C2)c1ccccc1. The predicted octanol–water partition coefficient (Wildman–Crippen LogP) is 3.66. The fourth-order valence-electron chi connectivity index (χ4n) is 2.95. The van der Waals surface area contributed by atoms with Crippen molar-refractivity contribution in [1.29, 1.82) is 0 Å². The minimum atomic E-state index is -0.230. The first-order valence-corrected chi connectivity index (χ1v) is 8.23. The third-order valence-electron chi connectivity index (χ3n) is 4.09. The molecule has 126 valence electrons. The van der Waals surface area contributed by atoms with Crippen LogP contribution in [0.2, 0.25) is 0 Å². The lowest BCUT2D eigenvalue weighted by Gasteiger charge is -2.18. The van der Waals surface area contributed by atoms with Crippen LogP contribution in [0.15, 0.2) is 48.5 Å². The number of rotatable bonds is 5. The van der Waals surface area contributed by atoms with Crippen molar-refractivity contribution in [2.75, 3.05) is 6.61 Å². The number of hydrogen-bond acceptors (Lipinski definition) is 3. The monoisotopic (exact) mass is 325 g/mol. The Labute approximate surface area is 142 Å². The van der Waals surface area contributed by atoms with E-state index in [9.17, 15) is 4.79 Å². The zero-order chi connectivity index (χ0) is 17.2. The maximum atomic E-state index is 12.2. The standard InChI is InChI=1S/C20H23NO3/c1-14(15-8-5-4-6-9-15)21-18(22)13-23-17-11-7-10-16-12-20(2,3)24-19(16)17/h4-11,14H,12-13H2,1-3H3,(H,21,22). The Morgan fingerprint density at radius 3 is 2.71 bits per heavy atom. The van der Waals surface area contributed by atoms with Gasteiger partial charge in [-0.25, -0.2) is 0 Å². The number of ether oxygens (including phenoxy) is 2. The largest absolute Gasteiger partial charge is 0.483 e. The molecule has 4 nitrogen and oxygen atoms in total. The summed E-state index contributed by atoms with van der Waals surface area (Å²) < 4.78 is 11.7. The van der Waals surface area contributed by atoms with Gasteiger partial charge in [0.25, 0.3) is 5.91 Å². The molecule has 4 heteroatoms. The molecule has 3 rings (SSSR count). The van der Waals surface area contributed by atoms with Gasteiger partial charge in [-0.3, -0.25) is 4.79 Å². The average Bonchev–Trinajstić information content (AvgIpc) is 2.88. The molecule has 1 amide bonds. The zero-order valence-corrected chi connectivity index (χ0v) is 14.3. The molecule has 0 fully saturated rings. The van der Waals surface area contributed by atoms with Gasteiger partial charge in [0, 0.05) is 12.0 Å². The van der Waals surface area contributed by atoms with Crippen molar-refractivity contribution in [3.8, 4) is 11.5 Å². The number of hydrogen-bond donors (Lipinski definition) is 1. The van der Waals surface area contributed by atoms with E-state index in [2.05, 4.69) is 5.32 Å². The minimum absolute atomic E-state index is 0.0303. The van der Waals surface area contributed by atoms with Gasteiger partial charge in [0.2, 0.25) is 0 Å². The predicted molar refractivity (Wildman–Crippen MR) is 93.3 cm³/mol. The number of benzene rings is 2. The van der Waals surface area contributed by atoms with Gasteiger partial charge in [0.05, 0.1) is 6.04 Å².